The summed E-state index contributed by atoms with van der Waals surface area (Å²) in [5.74, 6) is 0.360. The minimum atomic E-state index is -4.49. The lowest BCUT2D eigenvalue weighted by atomic mass is 10.1. The number of alkyl halides is 3. The predicted molar refractivity (Wildman–Crippen MR) is 78.7 cm³/mol. The Morgan fingerprint density at radius 1 is 1.41 bits per heavy atom. The smallest absolute Gasteiger partial charge is 0.327 e. The fourth-order valence-electron chi connectivity index (χ4n) is 2.70. The van der Waals surface area contributed by atoms with Crippen LogP contribution in [0.2, 0.25) is 0 Å². The third kappa shape index (κ3) is 4.13. The molecule has 0 bridgehead atoms. The summed E-state index contributed by atoms with van der Waals surface area (Å²) >= 11 is 0. The zero-order chi connectivity index (χ0) is 16.3. The summed E-state index contributed by atoms with van der Waals surface area (Å²) in [6.07, 6.45) is -3.50. The number of carbonyl (C=O) groups excluding carboxylic acids is 1. The van der Waals surface area contributed by atoms with Crippen molar-refractivity contribution in [3.8, 4) is 0 Å². The van der Waals surface area contributed by atoms with Gasteiger partial charge in [0.1, 0.15) is 0 Å². The average Bonchev–Trinajstić information content (AvgIpc) is 2.83. The van der Waals surface area contributed by atoms with E-state index in [1.807, 2.05) is 7.05 Å². The van der Waals surface area contributed by atoms with Crippen LogP contribution in [0.25, 0.3) is 0 Å². The van der Waals surface area contributed by atoms with Crippen LogP contribution < -0.4 is 5.32 Å². The van der Waals surface area contributed by atoms with E-state index in [2.05, 4.69) is 10.2 Å². The molecule has 4 nitrogen and oxygen atoms in total. The van der Waals surface area contributed by atoms with Crippen molar-refractivity contribution >= 4 is 11.7 Å². The van der Waals surface area contributed by atoms with E-state index in [4.69, 9.17) is 0 Å². The molecule has 0 aliphatic carbocycles. The number of carbonyl (C=O) groups is 1. The van der Waals surface area contributed by atoms with Crippen LogP contribution >= 0.6 is 0 Å². The second kappa shape index (κ2) is 6.56. The molecule has 122 valence electrons. The van der Waals surface area contributed by atoms with Crippen LogP contribution in [0.1, 0.15) is 12.0 Å². The van der Waals surface area contributed by atoms with Gasteiger partial charge in [-0.15, -0.1) is 0 Å². The molecule has 1 aliphatic heterocycles. The largest absolute Gasteiger partial charge is 0.418 e. The standard InChI is InChI=1S/C15H20F3N3O/c1-20-8-7-11(9-20)10-21(2)14(22)19-13-6-4-3-5-12(13)15(16,17)18/h3-6,11H,7-10H2,1-2H3,(H,19,22)/t11-/m0/s1. The number of para-hydroxylation sites is 1. The van der Waals surface area contributed by atoms with Crippen LogP contribution in [0.5, 0.6) is 0 Å². The van der Waals surface area contributed by atoms with E-state index in [1.165, 1.54) is 23.1 Å². The Morgan fingerprint density at radius 3 is 2.68 bits per heavy atom. The molecule has 1 N–H and O–H groups in total. The Hall–Kier alpha value is -1.76. The number of benzene rings is 1. The van der Waals surface area contributed by atoms with Crippen molar-refractivity contribution in [2.24, 2.45) is 5.92 Å². The lowest BCUT2D eigenvalue weighted by Gasteiger charge is -2.22. The quantitative estimate of drug-likeness (QED) is 0.930. The van der Waals surface area contributed by atoms with Gasteiger partial charge in [0.05, 0.1) is 11.3 Å². The van der Waals surface area contributed by atoms with Crippen molar-refractivity contribution in [1.29, 1.82) is 0 Å². The van der Waals surface area contributed by atoms with E-state index < -0.39 is 17.8 Å². The van der Waals surface area contributed by atoms with E-state index in [-0.39, 0.29) is 5.69 Å². The number of nitrogens with zero attached hydrogens (tertiary/aromatic N) is 2. The van der Waals surface area contributed by atoms with Crippen molar-refractivity contribution in [3.63, 3.8) is 0 Å². The van der Waals surface area contributed by atoms with Crippen molar-refractivity contribution in [2.75, 3.05) is 39.0 Å². The molecule has 1 saturated heterocycles. The van der Waals surface area contributed by atoms with E-state index in [1.54, 1.807) is 7.05 Å². The molecule has 1 aromatic carbocycles. The van der Waals surface area contributed by atoms with Crippen LogP contribution in [-0.2, 0) is 6.18 Å². The van der Waals surface area contributed by atoms with Gasteiger partial charge in [0, 0.05) is 20.1 Å². The number of halogens is 3. The van der Waals surface area contributed by atoms with Crippen molar-refractivity contribution < 1.29 is 18.0 Å². The first kappa shape index (κ1) is 16.6. The fraction of sp³-hybridized carbons (Fsp3) is 0.533. The summed E-state index contributed by atoms with van der Waals surface area (Å²) in [4.78, 5) is 15.7. The second-order valence-electron chi connectivity index (χ2n) is 5.77. The molecule has 0 spiro atoms. The van der Waals surface area contributed by atoms with Gasteiger partial charge in [-0.05, 0) is 38.1 Å². The summed E-state index contributed by atoms with van der Waals surface area (Å²) in [5.41, 5.74) is -1.05. The van der Waals surface area contributed by atoms with Crippen LogP contribution in [0.4, 0.5) is 23.7 Å². The molecule has 0 radical (unpaired) electrons. The molecular formula is C15H20F3N3O. The second-order valence-corrected chi connectivity index (χ2v) is 5.77. The number of nitrogens with one attached hydrogen (secondary N) is 1. The number of anilines is 1. The van der Waals surface area contributed by atoms with E-state index in [0.717, 1.165) is 25.6 Å². The summed E-state index contributed by atoms with van der Waals surface area (Å²) < 4.78 is 38.7. The van der Waals surface area contributed by atoms with E-state index in [0.29, 0.717) is 12.5 Å². The van der Waals surface area contributed by atoms with Gasteiger partial charge in [-0.1, -0.05) is 12.1 Å². The van der Waals surface area contributed by atoms with Crippen LogP contribution in [0.3, 0.4) is 0 Å². The summed E-state index contributed by atoms with van der Waals surface area (Å²) in [6.45, 7) is 2.41. The topological polar surface area (TPSA) is 35.6 Å². The highest BCUT2D eigenvalue weighted by Gasteiger charge is 2.34. The first-order chi connectivity index (χ1) is 10.3. The number of hydrogen-bond donors (Lipinski definition) is 1. The molecule has 2 amide bonds. The number of rotatable bonds is 3. The maximum atomic E-state index is 12.9. The monoisotopic (exact) mass is 315 g/mol. The van der Waals surface area contributed by atoms with Gasteiger partial charge >= 0.3 is 12.2 Å². The zero-order valence-electron chi connectivity index (χ0n) is 12.7. The van der Waals surface area contributed by atoms with Gasteiger partial charge in [-0.25, -0.2) is 4.79 Å². The molecule has 0 unspecified atom stereocenters. The van der Waals surface area contributed by atoms with Gasteiger partial charge < -0.3 is 15.1 Å². The molecule has 1 aromatic rings. The molecule has 22 heavy (non-hydrogen) atoms. The highest BCUT2D eigenvalue weighted by Crippen LogP contribution is 2.34. The normalized spacial score (nSPS) is 19.2. The minimum absolute atomic E-state index is 0.213. The van der Waals surface area contributed by atoms with E-state index in [9.17, 15) is 18.0 Å². The first-order valence-electron chi connectivity index (χ1n) is 7.14. The number of amides is 2. The molecule has 7 heteroatoms. The molecule has 1 heterocycles. The number of hydrogen-bond acceptors (Lipinski definition) is 2. The maximum Gasteiger partial charge on any atom is 0.418 e. The Morgan fingerprint density at radius 2 is 2.09 bits per heavy atom. The highest BCUT2D eigenvalue weighted by atomic mass is 19.4. The Kier molecular flexibility index (Phi) is 4.95. The van der Waals surface area contributed by atoms with Crippen molar-refractivity contribution in [3.05, 3.63) is 29.8 Å². The summed E-state index contributed by atoms with van der Waals surface area (Å²) in [6, 6.07) is 4.47. The van der Waals surface area contributed by atoms with Crippen molar-refractivity contribution in [1.82, 2.24) is 9.80 Å². The SMILES string of the molecule is CN1CC[C@H](CN(C)C(=O)Nc2ccccc2C(F)(F)F)C1. The molecule has 2 rings (SSSR count). The van der Waals surface area contributed by atoms with Gasteiger partial charge in [0.25, 0.3) is 0 Å². The third-order valence-corrected chi connectivity index (χ3v) is 3.84. The predicted octanol–water partition coefficient (Wildman–Crippen LogP) is 3.12. The lowest BCUT2D eigenvalue weighted by Crippen LogP contribution is -2.36. The molecule has 0 saturated carbocycles. The third-order valence-electron chi connectivity index (χ3n) is 3.84. The molecule has 1 fully saturated rings. The fourth-order valence-corrected chi connectivity index (χ4v) is 2.70. The Balaban J connectivity index is 2.00. The summed E-state index contributed by atoms with van der Waals surface area (Å²) in [5, 5.41) is 2.36. The minimum Gasteiger partial charge on any atom is -0.327 e. The average molecular weight is 315 g/mol. The van der Waals surface area contributed by atoms with Crippen LogP contribution in [-0.4, -0.2) is 49.6 Å². The maximum absolute atomic E-state index is 12.9. The molecule has 0 aromatic heterocycles. The first-order valence-corrected chi connectivity index (χ1v) is 7.14. The van der Waals surface area contributed by atoms with Crippen LogP contribution in [0, 0.1) is 5.92 Å². The van der Waals surface area contributed by atoms with E-state index >= 15 is 0 Å². The van der Waals surface area contributed by atoms with Crippen molar-refractivity contribution in [2.45, 2.75) is 12.6 Å². The van der Waals surface area contributed by atoms with Gasteiger partial charge in [-0.3, -0.25) is 0 Å². The highest BCUT2D eigenvalue weighted by molar-refractivity contribution is 5.90. The molecule has 1 atom stereocenters. The zero-order valence-corrected chi connectivity index (χ0v) is 12.7. The van der Waals surface area contributed by atoms with Gasteiger partial charge in [0.15, 0.2) is 0 Å². The molecule has 1 aliphatic rings. The number of urea groups is 1. The Bertz CT molecular complexity index is 533. The molecular weight excluding hydrogens is 295 g/mol. The van der Waals surface area contributed by atoms with Gasteiger partial charge in [0.2, 0.25) is 0 Å². The number of likely N-dealkylation sites (tertiary alicyclic amines) is 1. The Labute approximate surface area is 127 Å². The lowest BCUT2D eigenvalue weighted by molar-refractivity contribution is -0.136. The van der Waals surface area contributed by atoms with Crippen LogP contribution in [0.15, 0.2) is 24.3 Å². The van der Waals surface area contributed by atoms with Gasteiger partial charge in [-0.2, -0.15) is 13.2 Å². The summed E-state index contributed by atoms with van der Waals surface area (Å²) in [7, 11) is 3.61.